The number of hydrogen-bond donors (Lipinski definition) is 0. The van der Waals surface area contributed by atoms with Gasteiger partial charge in [0.2, 0.25) is 0 Å². The van der Waals surface area contributed by atoms with E-state index >= 15 is 0 Å². The smallest absolute Gasteiger partial charge is 0.0101 e. The molecule has 0 spiro atoms. The lowest BCUT2D eigenvalue weighted by Crippen LogP contribution is -2.44. The van der Waals surface area contributed by atoms with Crippen LogP contribution in [0.4, 0.5) is 0 Å². The number of rotatable bonds is 2. The first-order chi connectivity index (χ1) is 10.8. The monoisotopic (exact) mass is 313 g/mol. The minimum atomic E-state index is 0.261. The van der Waals surface area contributed by atoms with Gasteiger partial charge in [-0.15, -0.1) is 0 Å². The average Bonchev–Trinajstić information content (AvgIpc) is 2.95. The number of nitrogens with zero attached hydrogens (tertiary/aromatic N) is 1. The molecular formula is C22H35N. The molecule has 1 aromatic rings. The van der Waals surface area contributed by atoms with Crippen LogP contribution in [-0.2, 0) is 5.41 Å². The van der Waals surface area contributed by atoms with Crippen molar-refractivity contribution in [2.75, 3.05) is 13.1 Å². The lowest BCUT2D eigenvalue weighted by molar-refractivity contribution is 0.0971. The Morgan fingerprint density at radius 3 is 2.04 bits per heavy atom. The highest BCUT2D eigenvalue weighted by molar-refractivity contribution is 5.30. The van der Waals surface area contributed by atoms with Crippen LogP contribution in [-0.4, -0.2) is 24.0 Å². The van der Waals surface area contributed by atoms with E-state index < -0.39 is 0 Å². The summed E-state index contributed by atoms with van der Waals surface area (Å²) in [6.07, 6.45) is 5.55. The van der Waals surface area contributed by atoms with Gasteiger partial charge < -0.3 is 0 Å². The molecule has 0 radical (unpaired) electrons. The largest absolute Gasteiger partial charge is 0.300 e. The summed E-state index contributed by atoms with van der Waals surface area (Å²) in [6, 6.07) is 10.3. The quantitative estimate of drug-likeness (QED) is 0.687. The van der Waals surface area contributed by atoms with Gasteiger partial charge in [0.15, 0.2) is 0 Å². The highest BCUT2D eigenvalue weighted by Crippen LogP contribution is 2.39. The van der Waals surface area contributed by atoms with E-state index in [9.17, 15) is 0 Å². The molecule has 1 heteroatoms. The van der Waals surface area contributed by atoms with E-state index in [0.717, 1.165) is 23.8 Å². The van der Waals surface area contributed by atoms with E-state index in [1.54, 1.807) is 5.56 Å². The van der Waals surface area contributed by atoms with Crippen LogP contribution in [0.15, 0.2) is 24.3 Å². The fourth-order valence-corrected chi connectivity index (χ4v) is 4.86. The first kappa shape index (κ1) is 17.0. The summed E-state index contributed by atoms with van der Waals surface area (Å²) < 4.78 is 0. The van der Waals surface area contributed by atoms with Crippen molar-refractivity contribution in [2.45, 2.75) is 77.7 Å². The summed E-state index contributed by atoms with van der Waals surface area (Å²) in [6.45, 7) is 14.4. The van der Waals surface area contributed by atoms with Gasteiger partial charge >= 0.3 is 0 Å². The molecule has 1 nitrogen and oxygen atoms in total. The van der Waals surface area contributed by atoms with Crippen molar-refractivity contribution in [3.63, 3.8) is 0 Å². The Kier molecular flexibility index (Phi) is 4.88. The van der Waals surface area contributed by atoms with Crippen molar-refractivity contribution < 1.29 is 0 Å². The molecule has 1 saturated carbocycles. The van der Waals surface area contributed by atoms with Gasteiger partial charge in [0, 0.05) is 19.1 Å². The molecule has 0 unspecified atom stereocenters. The highest BCUT2D eigenvalue weighted by atomic mass is 15.2. The maximum absolute atomic E-state index is 2.81. The Balaban J connectivity index is 1.63. The molecule has 0 bridgehead atoms. The standard InChI is InChI=1S/C22H35N/c1-16-12-17(2)15-23(14-16)21-11-8-19(13-21)18-6-9-20(10-7-18)22(3,4)5/h6-7,9-10,16-17,19,21H,8,11-15H2,1-5H3/t16-,17+,19-,21-/m0/s1. The molecule has 1 aliphatic heterocycles. The third-order valence-corrected chi connectivity index (χ3v) is 6.07. The van der Waals surface area contributed by atoms with Crippen LogP contribution in [0.5, 0.6) is 0 Å². The van der Waals surface area contributed by atoms with Crippen molar-refractivity contribution >= 4 is 0 Å². The maximum Gasteiger partial charge on any atom is 0.0101 e. The summed E-state index contributed by atoms with van der Waals surface area (Å²) in [5.41, 5.74) is 3.28. The summed E-state index contributed by atoms with van der Waals surface area (Å²) >= 11 is 0. The summed E-state index contributed by atoms with van der Waals surface area (Å²) in [4.78, 5) is 2.81. The summed E-state index contributed by atoms with van der Waals surface area (Å²) in [7, 11) is 0. The highest BCUT2D eigenvalue weighted by Gasteiger charge is 2.33. The minimum Gasteiger partial charge on any atom is -0.300 e. The van der Waals surface area contributed by atoms with E-state index in [2.05, 4.69) is 63.8 Å². The van der Waals surface area contributed by atoms with Crippen molar-refractivity contribution in [2.24, 2.45) is 11.8 Å². The molecule has 1 aliphatic carbocycles. The first-order valence-electron chi connectivity index (χ1n) is 9.67. The maximum atomic E-state index is 2.81. The fourth-order valence-electron chi connectivity index (χ4n) is 4.86. The SMILES string of the molecule is C[C@@H]1C[C@H](C)CN([C@H]2CC[C@H](c3ccc(C(C)(C)C)cc3)C2)C1. The van der Waals surface area contributed by atoms with Gasteiger partial charge in [-0.05, 0) is 60.0 Å². The van der Waals surface area contributed by atoms with Gasteiger partial charge in [0.1, 0.15) is 0 Å². The Labute approximate surface area is 143 Å². The molecule has 2 aliphatic rings. The van der Waals surface area contributed by atoms with Gasteiger partial charge in [-0.25, -0.2) is 0 Å². The Morgan fingerprint density at radius 1 is 0.870 bits per heavy atom. The zero-order valence-electron chi connectivity index (χ0n) is 15.8. The molecule has 1 heterocycles. The van der Waals surface area contributed by atoms with E-state index in [-0.39, 0.29) is 5.41 Å². The Bertz CT molecular complexity index is 500. The predicted octanol–water partition coefficient (Wildman–Crippen LogP) is 5.60. The van der Waals surface area contributed by atoms with Crippen molar-refractivity contribution in [3.05, 3.63) is 35.4 Å². The van der Waals surface area contributed by atoms with E-state index in [0.29, 0.717) is 0 Å². The number of likely N-dealkylation sites (tertiary alicyclic amines) is 1. The average molecular weight is 314 g/mol. The fraction of sp³-hybridized carbons (Fsp3) is 0.727. The zero-order chi connectivity index (χ0) is 16.6. The van der Waals surface area contributed by atoms with Gasteiger partial charge in [-0.3, -0.25) is 4.90 Å². The number of hydrogen-bond acceptors (Lipinski definition) is 1. The van der Waals surface area contributed by atoms with Crippen molar-refractivity contribution in [3.8, 4) is 0 Å². The predicted molar refractivity (Wildman–Crippen MR) is 100 cm³/mol. The molecule has 1 saturated heterocycles. The van der Waals surface area contributed by atoms with Crippen molar-refractivity contribution in [1.82, 2.24) is 4.90 Å². The van der Waals surface area contributed by atoms with Crippen LogP contribution in [0.3, 0.4) is 0 Å². The third-order valence-electron chi connectivity index (χ3n) is 6.07. The molecular weight excluding hydrogens is 278 g/mol. The van der Waals surface area contributed by atoms with E-state index in [1.807, 2.05) is 0 Å². The van der Waals surface area contributed by atoms with Crippen molar-refractivity contribution in [1.29, 1.82) is 0 Å². The Morgan fingerprint density at radius 2 is 1.48 bits per heavy atom. The second-order valence-corrected chi connectivity index (χ2v) is 9.44. The van der Waals surface area contributed by atoms with Gasteiger partial charge in [0.25, 0.3) is 0 Å². The normalized spacial score (nSPS) is 33.1. The Hall–Kier alpha value is -0.820. The summed E-state index contributed by atoms with van der Waals surface area (Å²) in [5.74, 6) is 2.54. The molecule has 128 valence electrons. The topological polar surface area (TPSA) is 3.24 Å². The molecule has 23 heavy (non-hydrogen) atoms. The molecule has 3 rings (SSSR count). The van der Waals surface area contributed by atoms with Gasteiger partial charge in [-0.2, -0.15) is 0 Å². The van der Waals surface area contributed by atoms with Crippen LogP contribution in [0.2, 0.25) is 0 Å². The third kappa shape index (κ3) is 3.99. The van der Waals surface area contributed by atoms with E-state index in [4.69, 9.17) is 0 Å². The lowest BCUT2D eigenvalue weighted by Gasteiger charge is -2.39. The summed E-state index contributed by atoms with van der Waals surface area (Å²) in [5, 5.41) is 0. The molecule has 0 amide bonds. The zero-order valence-corrected chi connectivity index (χ0v) is 15.8. The second-order valence-electron chi connectivity index (χ2n) is 9.44. The molecule has 0 aromatic heterocycles. The van der Waals surface area contributed by atoms with Crippen LogP contribution < -0.4 is 0 Å². The number of piperidine rings is 1. The van der Waals surface area contributed by atoms with Gasteiger partial charge in [-0.1, -0.05) is 58.9 Å². The molecule has 0 N–H and O–H groups in total. The van der Waals surface area contributed by atoms with Crippen LogP contribution >= 0.6 is 0 Å². The molecule has 2 fully saturated rings. The minimum absolute atomic E-state index is 0.261. The molecule has 4 atom stereocenters. The van der Waals surface area contributed by atoms with Crippen LogP contribution in [0.25, 0.3) is 0 Å². The van der Waals surface area contributed by atoms with Crippen LogP contribution in [0, 0.1) is 11.8 Å². The molecule has 1 aromatic carbocycles. The first-order valence-corrected chi connectivity index (χ1v) is 9.67. The lowest BCUT2D eigenvalue weighted by atomic mass is 9.85. The van der Waals surface area contributed by atoms with E-state index in [1.165, 1.54) is 44.3 Å². The number of benzene rings is 1. The van der Waals surface area contributed by atoms with Gasteiger partial charge in [0.05, 0.1) is 0 Å². The van der Waals surface area contributed by atoms with Crippen LogP contribution in [0.1, 0.15) is 77.3 Å². The second kappa shape index (κ2) is 6.59.